The smallest absolute Gasteiger partial charge is 0.234 e. The van der Waals surface area contributed by atoms with Gasteiger partial charge in [-0.05, 0) is 63.7 Å². The molecule has 0 aromatic carbocycles. The summed E-state index contributed by atoms with van der Waals surface area (Å²) >= 11 is 0. The Morgan fingerprint density at radius 2 is 1.41 bits per heavy atom. The molecule has 0 fully saturated rings. The third-order valence-electron chi connectivity index (χ3n) is 6.21. The molecule has 0 N–H and O–H groups in total. The monoisotopic (exact) mass is 401 g/mol. The number of nitrogens with zero attached hydrogens (tertiary/aromatic N) is 2. The van der Waals surface area contributed by atoms with Gasteiger partial charge in [0.25, 0.3) is 5.82 Å². The highest BCUT2D eigenvalue weighted by molar-refractivity contribution is 5.06. The molecule has 2 heteroatoms. The third kappa shape index (κ3) is 10.1. The lowest BCUT2D eigenvalue weighted by molar-refractivity contribution is -0.683. The molecule has 166 valence electrons. The maximum Gasteiger partial charge on any atom is 0.253 e. The SMILES string of the molecule is C.C=CCCCCCC/C=C/CCC(CCCC=C)Cn1c(C)c(C)[n+](C)c1C. The van der Waals surface area contributed by atoms with E-state index in [2.05, 4.69) is 68.3 Å². The van der Waals surface area contributed by atoms with Crippen LogP contribution in [0.15, 0.2) is 37.5 Å². The van der Waals surface area contributed by atoms with Crippen LogP contribution in [0.4, 0.5) is 0 Å². The van der Waals surface area contributed by atoms with Crippen molar-refractivity contribution in [1.82, 2.24) is 4.57 Å². The van der Waals surface area contributed by atoms with Crippen LogP contribution in [-0.2, 0) is 13.6 Å². The Kier molecular flexibility index (Phi) is 15.4. The average Bonchev–Trinajstić information content (AvgIpc) is 2.87. The lowest BCUT2D eigenvalue weighted by Crippen LogP contribution is -2.33. The van der Waals surface area contributed by atoms with Gasteiger partial charge in [0.05, 0.1) is 13.6 Å². The van der Waals surface area contributed by atoms with Crippen molar-refractivity contribution in [1.29, 1.82) is 0 Å². The summed E-state index contributed by atoms with van der Waals surface area (Å²) in [6, 6.07) is 0. The number of hydrogen-bond donors (Lipinski definition) is 0. The quantitative estimate of drug-likeness (QED) is 0.152. The highest BCUT2D eigenvalue weighted by Crippen LogP contribution is 2.21. The van der Waals surface area contributed by atoms with Crippen LogP contribution in [0.1, 0.15) is 95.3 Å². The molecule has 0 amide bonds. The van der Waals surface area contributed by atoms with E-state index in [1.54, 1.807) is 0 Å². The number of hydrogen-bond acceptors (Lipinski definition) is 0. The van der Waals surface area contributed by atoms with Crippen LogP contribution in [0.25, 0.3) is 0 Å². The molecule has 0 saturated heterocycles. The Bertz CT molecular complexity index is 581. The van der Waals surface area contributed by atoms with Crippen molar-refractivity contribution in [2.45, 2.75) is 105 Å². The van der Waals surface area contributed by atoms with Gasteiger partial charge in [-0.2, -0.15) is 0 Å². The molecule has 0 saturated carbocycles. The molecule has 1 atom stereocenters. The van der Waals surface area contributed by atoms with Crippen molar-refractivity contribution >= 4 is 0 Å². The Morgan fingerprint density at radius 1 is 0.828 bits per heavy atom. The van der Waals surface area contributed by atoms with Crippen LogP contribution < -0.4 is 4.57 Å². The number of allylic oxidation sites excluding steroid dienone is 4. The second-order valence-corrected chi connectivity index (χ2v) is 8.30. The van der Waals surface area contributed by atoms with Gasteiger partial charge < -0.3 is 0 Å². The Balaban J connectivity index is 0.00000784. The van der Waals surface area contributed by atoms with Gasteiger partial charge in [0.2, 0.25) is 0 Å². The minimum Gasteiger partial charge on any atom is -0.234 e. The van der Waals surface area contributed by atoms with Gasteiger partial charge >= 0.3 is 0 Å². The topological polar surface area (TPSA) is 8.81 Å². The molecule has 1 heterocycles. The fourth-order valence-corrected chi connectivity index (χ4v) is 3.98. The van der Waals surface area contributed by atoms with Crippen LogP contribution >= 0.6 is 0 Å². The van der Waals surface area contributed by atoms with Crippen molar-refractivity contribution < 1.29 is 4.57 Å². The molecule has 0 spiro atoms. The summed E-state index contributed by atoms with van der Waals surface area (Å²) in [5.74, 6) is 2.11. The van der Waals surface area contributed by atoms with E-state index in [0.717, 1.165) is 18.9 Å². The molecule has 1 rings (SSSR count). The van der Waals surface area contributed by atoms with Crippen molar-refractivity contribution in [2.75, 3.05) is 0 Å². The molecule has 0 aliphatic heterocycles. The van der Waals surface area contributed by atoms with E-state index in [0.29, 0.717) is 0 Å². The number of imidazole rings is 1. The van der Waals surface area contributed by atoms with Gasteiger partial charge in [-0.25, -0.2) is 9.13 Å². The van der Waals surface area contributed by atoms with E-state index in [-0.39, 0.29) is 7.43 Å². The van der Waals surface area contributed by atoms with Crippen molar-refractivity contribution in [2.24, 2.45) is 13.0 Å². The van der Waals surface area contributed by atoms with Crippen molar-refractivity contribution in [3.63, 3.8) is 0 Å². The van der Waals surface area contributed by atoms with Gasteiger partial charge in [-0.15, -0.1) is 13.2 Å². The maximum atomic E-state index is 3.89. The highest BCUT2D eigenvalue weighted by atomic mass is 15.2. The summed E-state index contributed by atoms with van der Waals surface area (Å²) < 4.78 is 4.85. The van der Waals surface area contributed by atoms with Gasteiger partial charge in [0.1, 0.15) is 11.4 Å². The summed E-state index contributed by atoms with van der Waals surface area (Å²) in [6.07, 6.45) is 22.8. The Hall–Kier alpha value is -1.57. The molecular weight excluding hydrogens is 352 g/mol. The summed E-state index contributed by atoms with van der Waals surface area (Å²) in [4.78, 5) is 0. The van der Waals surface area contributed by atoms with Crippen LogP contribution in [0.3, 0.4) is 0 Å². The van der Waals surface area contributed by atoms with Crippen LogP contribution in [0.2, 0.25) is 0 Å². The van der Waals surface area contributed by atoms with E-state index >= 15 is 0 Å². The van der Waals surface area contributed by atoms with Gasteiger partial charge in [0, 0.05) is 20.8 Å². The largest absolute Gasteiger partial charge is 0.253 e. The van der Waals surface area contributed by atoms with E-state index in [1.807, 2.05) is 6.08 Å². The first kappa shape index (κ1) is 27.4. The van der Waals surface area contributed by atoms with Gasteiger partial charge in [-0.1, -0.05) is 44.6 Å². The molecule has 1 aromatic heterocycles. The first-order valence-corrected chi connectivity index (χ1v) is 11.4. The second kappa shape index (κ2) is 16.3. The molecule has 0 aliphatic rings. The molecule has 1 unspecified atom stereocenters. The normalized spacial score (nSPS) is 12.1. The minimum atomic E-state index is 0. The minimum absolute atomic E-state index is 0. The lowest BCUT2D eigenvalue weighted by atomic mass is 9.96. The lowest BCUT2D eigenvalue weighted by Gasteiger charge is -2.15. The fraction of sp³-hybridized carbons (Fsp3) is 0.667. The zero-order chi connectivity index (χ0) is 20.8. The van der Waals surface area contributed by atoms with Crippen LogP contribution in [0, 0.1) is 26.7 Å². The second-order valence-electron chi connectivity index (χ2n) is 8.30. The van der Waals surface area contributed by atoms with E-state index < -0.39 is 0 Å². The van der Waals surface area contributed by atoms with Gasteiger partial charge in [-0.3, -0.25) is 0 Å². The summed E-state index contributed by atoms with van der Waals surface area (Å²) in [7, 11) is 2.18. The first-order valence-electron chi connectivity index (χ1n) is 11.4. The molecular formula is C27H49N2+. The van der Waals surface area contributed by atoms with Crippen molar-refractivity contribution in [3.8, 4) is 0 Å². The molecule has 0 bridgehead atoms. The Labute approximate surface area is 182 Å². The van der Waals surface area contributed by atoms with Crippen molar-refractivity contribution in [3.05, 3.63) is 54.7 Å². The summed E-state index contributed by atoms with van der Waals surface area (Å²) in [5.41, 5.74) is 2.80. The molecule has 2 nitrogen and oxygen atoms in total. The van der Waals surface area contributed by atoms with E-state index in [4.69, 9.17) is 0 Å². The highest BCUT2D eigenvalue weighted by Gasteiger charge is 2.22. The van der Waals surface area contributed by atoms with Crippen LogP contribution in [0.5, 0.6) is 0 Å². The fourth-order valence-electron chi connectivity index (χ4n) is 3.98. The van der Waals surface area contributed by atoms with E-state index in [9.17, 15) is 0 Å². The average molecular weight is 402 g/mol. The van der Waals surface area contributed by atoms with Gasteiger partial charge in [0.15, 0.2) is 0 Å². The zero-order valence-electron chi connectivity index (χ0n) is 19.2. The zero-order valence-corrected chi connectivity index (χ0v) is 19.2. The predicted molar refractivity (Wildman–Crippen MR) is 130 cm³/mol. The Morgan fingerprint density at radius 3 is 2.00 bits per heavy atom. The molecule has 0 aliphatic carbocycles. The number of aromatic nitrogens is 2. The van der Waals surface area contributed by atoms with E-state index in [1.165, 1.54) is 81.4 Å². The first-order chi connectivity index (χ1) is 13.5. The molecule has 1 aromatic rings. The molecule has 29 heavy (non-hydrogen) atoms. The standard InChI is InChI=1S/C26H45N2.CH4/c1-7-9-11-12-13-14-15-16-17-19-21-26(20-18-10-8-2)22-28-24(4)23(3)27(6)25(28)5;/h7-8,16-17,26H,1-2,9-15,18-22H2,3-6H3;1H4/q+1;/b17-16+;. The maximum absolute atomic E-state index is 3.89. The summed E-state index contributed by atoms with van der Waals surface area (Å²) in [5, 5.41) is 0. The third-order valence-corrected chi connectivity index (χ3v) is 6.21. The summed E-state index contributed by atoms with van der Waals surface area (Å²) in [6.45, 7) is 15.6. The predicted octanol–water partition coefficient (Wildman–Crippen LogP) is 7.71. The number of rotatable bonds is 16. The van der Waals surface area contributed by atoms with Crippen LogP contribution in [-0.4, -0.2) is 4.57 Å². The molecule has 0 radical (unpaired) electrons. The number of unbranched alkanes of at least 4 members (excludes halogenated alkanes) is 6.